The van der Waals surface area contributed by atoms with E-state index in [1.807, 2.05) is 30.3 Å². The number of aromatic nitrogens is 3. The number of methoxy groups -OCH3 is 2. The highest BCUT2D eigenvalue weighted by Gasteiger charge is 2.39. The molecule has 2 aliphatic heterocycles. The van der Waals surface area contributed by atoms with Gasteiger partial charge < -0.3 is 29.7 Å². The van der Waals surface area contributed by atoms with E-state index in [0.717, 1.165) is 23.2 Å². The Morgan fingerprint density at radius 2 is 1.77 bits per heavy atom. The number of nitrogens with zero attached hydrogens (tertiary/aromatic N) is 4. The number of ether oxygens (including phenoxy) is 3. The van der Waals surface area contributed by atoms with Crippen LogP contribution in [0.2, 0.25) is 0 Å². The van der Waals surface area contributed by atoms with E-state index in [0.29, 0.717) is 72.4 Å². The molecule has 1 atom stereocenters. The van der Waals surface area contributed by atoms with Crippen molar-refractivity contribution < 1.29 is 33.4 Å². The number of piperidine rings is 1. The zero-order valence-electron chi connectivity index (χ0n) is 30.9. The third-order valence-corrected chi connectivity index (χ3v) is 9.54. The zero-order chi connectivity index (χ0) is 37.9. The lowest BCUT2D eigenvalue weighted by atomic mass is 9.87. The van der Waals surface area contributed by atoms with Crippen molar-refractivity contribution in [2.45, 2.75) is 71.4 Å². The largest absolute Gasteiger partial charge is 0.497 e. The number of unbranched alkanes of at least 4 members (excludes halogenated alkanes) is 1. The Hall–Kier alpha value is -5.92. The Labute approximate surface area is 308 Å². The molecule has 14 nitrogen and oxygen atoms in total. The van der Waals surface area contributed by atoms with E-state index in [2.05, 4.69) is 47.0 Å². The SMILES string of the molecule is COc1ccc(OC)c(-n2nnc(C(=O)Nc3cc(C(C)(C)C)ccc3OCCCCNc3cccc4c3CN(C3CCC(=O)NC3=O)C4=O)c2C)c1. The summed E-state index contributed by atoms with van der Waals surface area (Å²) in [4.78, 5) is 52.5. The van der Waals surface area contributed by atoms with E-state index >= 15 is 0 Å². The van der Waals surface area contributed by atoms with Gasteiger partial charge >= 0.3 is 0 Å². The topological polar surface area (TPSA) is 166 Å². The van der Waals surface area contributed by atoms with Crippen molar-refractivity contribution in [3.63, 3.8) is 0 Å². The molecule has 53 heavy (non-hydrogen) atoms. The van der Waals surface area contributed by atoms with Gasteiger partial charge in [-0.3, -0.25) is 24.5 Å². The normalized spacial score (nSPS) is 15.5. The summed E-state index contributed by atoms with van der Waals surface area (Å²) in [5, 5.41) is 17.3. The summed E-state index contributed by atoms with van der Waals surface area (Å²) in [7, 11) is 3.13. The molecule has 3 N–H and O–H groups in total. The summed E-state index contributed by atoms with van der Waals surface area (Å²) in [6.45, 7) is 9.40. The number of rotatable bonds is 13. The molecule has 0 aliphatic carbocycles. The Bertz CT molecular complexity index is 2050. The van der Waals surface area contributed by atoms with Crippen molar-refractivity contribution in [3.8, 4) is 22.9 Å². The Morgan fingerprint density at radius 3 is 2.51 bits per heavy atom. The second kappa shape index (κ2) is 15.4. The van der Waals surface area contributed by atoms with Crippen molar-refractivity contribution in [2.75, 3.05) is 38.0 Å². The highest BCUT2D eigenvalue weighted by atomic mass is 16.5. The van der Waals surface area contributed by atoms with Crippen molar-refractivity contribution in [1.29, 1.82) is 0 Å². The van der Waals surface area contributed by atoms with Gasteiger partial charge in [-0.05, 0) is 73.6 Å². The molecule has 1 aromatic heterocycles. The number of amides is 4. The number of fused-ring (bicyclic) bond motifs is 1. The molecular formula is C39H45N7O7. The Kier molecular flexibility index (Phi) is 10.7. The van der Waals surface area contributed by atoms with E-state index in [1.165, 1.54) is 0 Å². The molecule has 14 heteroatoms. The molecule has 2 aliphatic rings. The van der Waals surface area contributed by atoms with Gasteiger partial charge in [-0.15, -0.1) is 5.10 Å². The highest BCUT2D eigenvalue weighted by Crippen LogP contribution is 2.34. The van der Waals surface area contributed by atoms with Gasteiger partial charge in [0.1, 0.15) is 29.0 Å². The van der Waals surface area contributed by atoms with Crippen molar-refractivity contribution in [3.05, 3.63) is 82.7 Å². The summed E-state index contributed by atoms with van der Waals surface area (Å²) in [6.07, 6.45) is 2.01. The Balaban J connectivity index is 1.08. The first-order chi connectivity index (χ1) is 25.4. The van der Waals surface area contributed by atoms with Gasteiger partial charge in [-0.1, -0.05) is 38.1 Å². The van der Waals surface area contributed by atoms with Gasteiger partial charge in [-0.25, -0.2) is 4.68 Å². The number of hydrogen-bond donors (Lipinski definition) is 3. The molecule has 3 aromatic carbocycles. The number of nitrogens with one attached hydrogen (secondary N) is 3. The van der Waals surface area contributed by atoms with Gasteiger partial charge in [0.05, 0.1) is 32.2 Å². The predicted octanol–water partition coefficient (Wildman–Crippen LogP) is 5.17. The number of carbonyl (C=O) groups is 4. The van der Waals surface area contributed by atoms with Crippen LogP contribution in [-0.2, 0) is 21.5 Å². The molecule has 1 unspecified atom stereocenters. The van der Waals surface area contributed by atoms with Crippen LogP contribution in [0.1, 0.15) is 84.1 Å². The molecule has 4 amide bonds. The molecule has 1 fully saturated rings. The molecule has 0 bridgehead atoms. The fourth-order valence-corrected chi connectivity index (χ4v) is 6.52. The van der Waals surface area contributed by atoms with Crippen LogP contribution in [0.4, 0.5) is 11.4 Å². The molecule has 6 rings (SSSR count). The number of anilines is 2. The number of hydrogen-bond acceptors (Lipinski definition) is 10. The first kappa shape index (κ1) is 36.9. The van der Waals surface area contributed by atoms with E-state index < -0.39 is 17.9 Å². The maximum Gasteiger partial charge on any atom is 0.278 e. The van der Waals surface area contributed by atoms with E-state index in [-0.39, 0.29) is 29.3 Å². The minimum Gasteiger partial charge on any atom is -0.497 e. The fraction of sp³-hybridized carbons (Fsp3) is 0.385. The first-order valence-corrected chi connectivity index (χ1v) is 17.6. The molecule has 0 radical (unpaired) electrons. The fourth-order valence-electron chi connectivity index (χ4n) is 6.52. The predicted molar refractivity (Wildman–Crippen MR) is 198 cm³/mol. The number of benzene rings is 3. The number of carbonyl (C=O) groups excluding carboxylic acids is 4. The van der Waals surface area contributed by atoms with Crippen LogP contribution < -0.4 is 30.2 Å². The van der Waals surface area contributed by atoms with Gasteiger partial charge in [0.15, 0.2) is 5.69 Å². The van der Waals surface area contributed by atoms with Crippen LogP contribution in [0.15, 0.2) is 54.6 Å². The van der Waals surface area contributed by atoms with Crippen LogP contribution in [-0.4, -0.2) is 76.9 Å². The van der Waals surface area contributed by atoms with Gasteiger partial charge in [0.2, 0.25) is 11.8 Å². The first-order valence-electron chi connectivity index (χ1n) is 17.6. The lowest BCUT2D eigenvalue weighted by molar-refractivity contribution is -0.136. The van der Waals surface area contributed by atoms with Crippen LogP contribution >= 0.6 is 0 Å². The van der Waals surface area contributed by atoms with Crippen LogP contribution in [0.5, 0.6) is 17.2 Å². The lowest BCUT2D eigenvalue weighted by Crippen LogP contribution is -2.52. The van der Waals surface area contributed by atoms with Gasteiger partial charge in [0, 0.05) is 42.4 Å². The van der Waals surface area contributed by atoms with E-state index in [4.69, 9.17) is 14.2 Å². The van der Waals surface area contributed by atoms with Crippen molar-refractivity contribution in [2.24, 2.45) is 0 Å². The van der Waals surface area contributed by atoms with Crippen molar-refractivity contribution >= 4 is 35.0 Å². The van der Waals surface area contributed by atoms with Gasteiger partial charge in [0.25, 0.3) is 11.8 Å². The number of imide groups is 1. The van der Waals surface area contributed by atoms with Crippen LogP contribution in [0.3, 0.4) is 0 Å². The summed E-state index contributed by atoms with van der Waals surface area (Å²) >= 11 is 0. The Morgan fingerprint density at radius 1 is 0.981 bits per heavy atom. The maximum atomic E-state index is 13.7. The van der Waals surface area contributed by atoms with E-state index in [9.17, 15) is 19.2 Å². The van der Waals surface area contributed by atoms with Gasteiger partial charge in [-0.2, -0.15) is 0 Å². The molecule has 278 valence electrons. The zero-order valence-corrected chi connectivity index (χ0v) is 30.9. The average Bonchev–Trinajstić information content (AvgIpc) is 3.69. The molecule has 0 saturated carbocycles. The lowest BCUT2D eigenvalue weighted by Gasteiger charge is -2.29. The maximum absolute atomic E-state index is 13.7. The van der Waals surface area contributed by atoms with Crippen molar-refractivity contribution in [1.82, 2.24) is 25.2 Å². The second-order valence-corrected chi connectivity index (χ2v) is 14.1. The smallest absolute Gasteiger partial charge is 0.278 e. The third-order valence-electron chi connectivity index (χ3n) is 9.54. The summed E-state index contributed by atoms with van der Waals surface area (Å²) in [5.74, 6) is 0.315. The van der Waals surface area contributed by atoms with Crippen LogP contribution in [0, 0.1) is 6.92 Å². The summed E-state index contributed by atoms with van der Waals surface area (Å²) in [5.41, 5.74) is 4.89. The standard InChI is InChI=1S/C39H45N7O7/c1-23-35(43-44-46(23)31-21-25(51-5)13-16-33(31)52-6)37(49)41-29-20-24(39(2,3)4)12-15-32(29)53-19-8-7-18-40-28-11-9-10-26-27(28)22-45(38(26)50)30-14-17-34(47)42-36(30)48/h9-13,15-16,20-21,30,40H,7-8,14,17-19,22H2,1-6H3,(H,41,49)(H,42,47,48). The summed E-state index contributed by atoms with van der Waals surface area (Å²) in [6, 6.07) is 16.0. The minimum absolute atomic E-state index is 0.155. The quantitative estimate of drug-likeness (QED) is 0.124. The van der Waals surface area contributed by atoms with E-state index in [1.54, 1.807) is 55.0 Å². The molecule has 4 aromatic rings. The minimum atomic E-state index is -0.661. The average molecular weight is 724 g/mol. The molecule has 1 saturated heterocycles. The third kappa shape index (κ3) is 7.81. The summed E-state index contributed by atoms with van der Waals surface area (Å²) < 4.78 is 18.7. The molecule has 3 heterocycles. The second-order valence-electron chi connectivity index (χ2n) is 14.1. The molecular weight excluding hydrogens is 678 g/mol. The van der Waals surface area contributed by atoms with Crippen LogP contribution in [0.25, 0.3) is 5.69 Å². The monoisotopic (exact) mass is 723 g/mol. The highest BCUT2D eigenvalue weighted by molar-refractivity contribution is 6.06. The molecule has 0 spiro atoms.